The van der Waals surface area contributed by atoms with E-state index in [1.807, 2.05) is 0 Å². The molecule has 24 heavy (non-hydrogen) atoms. The number of halogens is 3. The highest BCUT2D eigenvalue weighted by Gasteiger charge is 2.30. The largest absolute Gasteiger partial charge is 0.416 e. The third kappa shape index (κ3) is 6.68. The highest BCUT2D eigenvalue weighted by atomic mass is 32.2. The Labute approximate surface area is 141 Å². The number of nitrogens with one attached hydrogen (secondary N) is 2. The normalized spacial score (nSPS) is 13.1. The molecule has 1 aromatic rings. The quantitative estimate of drug-likeness (QED) is 0.684. The second kappa shape index (κ2) is 8.20. The van der Waals surface area contributed by atoms with E-state index in [4.69, 9.17) is 0 Å². The van der Waals surface area contributed by atoms with Gasteiger partial charge in [0.15, 0.2) is 0 Å². The first kappa shape index (κ1) is 20.8. The van der Waals surface area contributed by atoms with E-state index in [0.717, 1.165) is 25.0 Å². The Hall–Kier alpha value is -1.28. The van der Waals surface area contributed by atoms with Crippen LogP contribution in [-0.4, -0.2) is 26.3 Å². The van der Waals surface area contributed by atoms with Crippen LogP contribution in [0.15, 0.2) is 24.3 Å². The van der Waals surface area contributed by atoms with E-state index in [0.29, 0.717) is 25.2 Å². The van der Waals surface area contributed by atoms with Crippen molar-refractivity contribution in [3.05, 3.63) is 29.8 Å². The van der Waals surface area contributed by atoms with E-state index in [-0.39, 0.29) is 0 Å². The average Bonchev–Trinajstić information content (AvgIpc) is 2.44. The summed E-state index contributed by atoms with van der Waals surface area (Å²) in [5.41, 5.74) is -0.0318. The molecule has 0 aromatic heterocycles. The van der Waals surface area contributed by atoms with Gasteiger partial charge in [0.1, 0.15) is 0 Å². The van der Waals surface area contributed by atoms with Gasteiger partial charge in [-0.25, -0.2) is 13.1 Å². The van der Waals surface area contributed by atoms with Crippen LogP contribution in [0, 0.1) is 0 Å². The van der Waals surface area contributed by atoms with Crippen molar-refractivity contribution >= 4 is 15.7 Å². The summed E-state index contributed by atoms with van der Waals surface area (Å²) in [4.78, 5) is 0. The third-order valence-electron chi connectivity index (χ3n) is 3.49. The highest BCUT2D eigenvalue weighted by Crippen LogP contribution is 2.29. The van der Waals surface area contributed by atoms with Gasteiger partial charge in [-0.15, -0.1) is 0 Å². The Balaban J connectivity index is 2.21. The first-order chi connectivity index (χ1) is 10.9. The van der Waals surface area contributed by atoms with E-state index in [1.165, 1.54) is 12.1 Å². The molecule has 1 aromatic carbocycles. The number of hydrogen-bond acceptors (Lipinski definition) is 3. The van der Waals surface area contributed by atoms with Gasteiger partial charge in [-0.2, -0.15) is 13.2 Å². The van der Waals surface area contributed by atoms with Crippen molar-refractivity contribution in [2.24, 2.45) is 0 Å². The van der Waals surface area contributed by atoms with E-state index < -0.39 is 26.5 Å². The van der Waals surface area contributed by atoms with Crippen molar-refractivity contribution in [1.82, 2.24) is 4.72 Å². The minimum atomic E-state index is -4.32. The fourth-order valence-corrected chi connectivity index (χ4v) is 2.71. The van der Waals surface area contributed by atoms with E-state index in [1.54, 1.807) is 20.8 Å². The van der Waals surface area contributed by atoms with E-state index in [2.05, 4.69) is 10.0 Å². The van der Waals surface area contributed by atoms with Crippen LogP contribution in [0.25, 0.3) is 0 Å². The summed E-state index contributed by atoms with van der Waals surface area (Å²) in [5.74, 6) is 0. The molecule has 138 valence electrons. The zero-order valence-electron chi connectivity index (χ0n) is 14.2. The molecule has 8 heteroatoms. The minimum Gasteiger partial charge on any atom is -0.385 e. The van der Waals surface area contributed by atoms with Crippen LogP contribution in [0.3, 0.4) is 0 Å². The summed E-state index contributed by atoms with van der Waals surface area (Å²) < 4.78 is 62.7. The Bertz CT molecular complexity index is 606. The van der Waals surface area contributed by atoms with Gasteiger partial charge < -0.3 is 5.32 Å². The van der Waals surface area contributed by atoms with Crippen molar-refractivity contribution < 1.29 is 21.6 Å². The van der Waals surface area contributed by atoms with Gasteiger partial charge in [-0.1, -0.05) is 6.42 Å². The number of unbranched alkanes of at least 4 members (excludes halogenated alkanes) is 2. The molecule has 4 nitrogen and oxygen atoms in total. The first-order valence-electron chi connectivity index (χ1n) is 7.84. The summed E-state index contributed by atoms with van der Waals surface area (Å²) in [6, 6.07) is 4.90. The summed E-state index contributed by atoms with van der Waals surface area (Å²) >= 11 is 0. The maximum Gasteiger partial charge on any atom is 0.416 e. The minimum absolute atomic E-state index is 0.389. The fourth-order valence-electron chi connectivity index (χ4n) is 1.86. The third-order valence-corrected chi connectivity index (χ3v) is 5.69. The second-order valence-electron chi connectivity index (χ2n) is 6.57. The van der Waals surface area contributed by atoms with Crippen LogP contribution in [0.2, 0.25) is 0 Å². The SMILES string of the molecule is CC(C)(C)S(=O)(=O)NCCCCCNc1ccc(C(F)(F)F)cc1. The van der Waals surface area contributed by atoms with Crippen molar-refractivity contribution in [1.29, 1.82) is 0 Å². The molecular formula is C16H25F3N2O2S. The summed E-state index contributed by atoms with van der Waals surface area (Å²) in [6.07, 6.45) is -1.98. The molecular weight excluding hydrogens is 341 g/mol. The lowest BCUT2D eigenvalue weighted by molar-refractivity contribution is -0.137. The molecule has 2 N–H and O–H groups in total. The topological polar surface area (TPSA) is 58.2 Å². The number of hydrogen-bond donors (Lipinski definition) is 2. The van der Waals surface area contributed by atoms with Gasteiger partial charge in [-0.05, 0) is 57.9 Å². The number of rotatable bonds is 8. The Kier molecular flexibility index (Phi) is 7.10. The van der Waals surface area contributed by atoms with Gasteiger partial charge in [-0.3, -0.25) is 0 Å². The fraction of sp³-hybridized carbons (Fsp3) is 0.625. The molecule has 0 saturated carbocycles. The number of anilines is 1. The van der Waals surface area contributed by atoms with Crippen molar-refractivity contribution in [3.8, 4) is 0 Å². The monoisotopic (exact) mass is 366 g/mol. The highest BCUT2D eigenvalue weighted by molar-refractivity contribution is 7.90. The molecule has 0 heterocycles. The van der Waals surface area contributed by atoms with Crippen molar-refractivity contribution in [3.63, 3.8) is 0 Å². The Morgan fingerprint density at radius 2 is 1.46 bits per heavy atom. The van der Waals surface area contributed by atoms with Crippen LogP contribution in [0.4, 0.5) is 18.9 Å². The molecule has 0 radical (unpaired) electrons. The molecule has 0 unspecified atom stereocenters. The van der Waals surface area contributed by atoms with Crippen LogP contribution in [-0.2, 0) is 16.2 Å². The summed E-state index contributed by atoms with van der Waals surface area (Å²) in [7, 11) is -3.31. The lowest BCUT2D eigenvalue weighted by Crippen LogP contribution is -2.39. The molecule has 0 aliphatic heterocycles. The van der Waals surface area contributed by atoms with Crippen LogP contribution in [0.1, 0.15) is 45.6 Å². The van der Waals surface area contributed by atoms with Gasteiger partial charge in [0.25, 0.3) is 0 Å². The van der Waals surface area contributed by atoms with Crippen LogP contribution in [0.5, 0.6) is 0 Å². The van der Waals surface area contributed by atoms with E-state index in [9.17, 15) is 21.6 Å². The number of alkyl halides is 3. The Morgan fingerprint density at radius 1 is 0.917 bits per heavy atom. The first-order valence-corrected chi connectivity index (χ1v) is 9.32. The number of benzene rings is 1. The number of sulfonamides is 1. The molecule has 0 spiro atoms. The molecule has 0 aliphatic rings. The van der Waals surface area contributed by atoms with Crippen LogP contribution < -0.4 is 10.0 Å². The van der Waals surface area contributed by atoms with Crippen molar-refractivity contribution in [2.45, 2.75) is 51.0 Å². The molecule has 1 rings (SSSR count). The lowest BCUT2D eigenvalue weighted by Gasteiger charge is -2.19. The molecule has 0 saturated heterocycles. The van der Waals surface area contributed by atoms with Gasteiger partial charge in [0.05, 0.1) is 10.3 Å². The Morgan fingerprint density at radius 3 is 1.96 bits per heavy atom. The van der Waals surface area contributed by atoms with Gasteiger partial charge >= 0.3 is 6.18 Å². The van der Waals surface area contributed by atoms with Gasteiger partial charge in [0.2, 0.25) is 10.0 Å². The van der Waals surface area contributed by atoms with E-state index >= 15 is 0 Å². The van der Waals surface area contributed by atoms with Gasteiger partial charge in [0, 0.05) is 18.8 Å². The molecule has 0 aliphatic carbocycles. The molecule has 0 atom stereocenters. The zero-order chi connectivity index (χ0) is 18.4. The maximum absolute atomic E-state index is 12.4. The standard InChI is InChI=1S/C16H25F3N2O2S/c1-15(2,3)24(22,23)21-12-6-4-5-11-20-14-9-7-13(8-10-14)16(17,18)19/h7-10,20-21H,4-6,11-12H2,1-3H3. The predicted octanol–water partition coefficient (Wildman–Crippen LogP) is 4.01. The second-order valence-corrected chi connectivity index (χ2v) is 9.09. The van der Waals surface area contributed by atoms with Crippen LogP contribution >= 0.6 is 0 Å². The predicted molar refractivity (Wildman–Crippen MR) is 90.5 cm³/mol. The molecule has 0 amide bonds. The molecule has 0 bridgehead atoms. The summed E-state index contributed by atoms with van der Waals surface area (Å²) in [6.45, 7) is 5.94. The maximum atomic E-state index is 12.4. The average molecular weight is 366 g/mol. The summed E-state index contributed by atoms with van der Waals surface area (Å²) in [5, 5.41) is 3.05. The van der Waals surface area contributed by atoms with Crippen molar-refractivity contribution in [2.75, 3.05) is 18.4 Å². The zero-order valence-corrected chi connectivity index (χ0v) is 15.0. The lowest BCUT2D eigenvalue weighted by atomic mass is 10.2. The smallest absolute Gasteiger partial charge is 0.385 e. The molecule has 0 fully saturated rings.